The third kappa shape index (κ3) is 5.15. The number of carbonyl (C=O) groups excluding carboxylic acids is 1. The molecule has 1 aliphatic heterocycles. The van der Waals surface area contributed by atoms with Gasteiger partial charge in [0, 0.05) is 37.7 Å². The minimum atomic E-state index is -0.410. The number of halogens is 1. The van der Waals surface area contributed by atoms with Gasteiger partial charge >= 0.3 is 6.09 Å². The Hall–Kier alpha value is -3.43. The zero-order valence-corrected chi connectivity index (χ0v) is 19.3. The Kier molecular flexibility index (Phi) is 6.62. The molecule has 0 unspecified atom stereocenters. The van der Waals surface area contributed by atoms with E-state index in [0.29, 0.717) is 54.2 Å². The normalized spacial score (nSPS) is 14.8. The molecule has 10 heteroatoms. The Morgan fingerprint density at radius 2 is 1.94 bits per heavy atom. The van der Waals surface area contributed by atoms with Gasteiger partial charge < -0.3 is 19.7 Å². The fraction of sp³-hybridized carbons (Fsp3) is 0.478. The number of amides is 1. The van der Waals surface area contributed by atoms with Crippen LogP contribution in [0, 0.1) is 5.82 Å². The summed E-state index contributed by atoms with van der Waals surface area (Å²) in [6, 6.07) is 5.12. The molecule has 1 N–H and O–H groups in total. The molecule has 9 nitrogen and oxygen atoms in total. The van der Waals surface area contributed by atoms with Gasteiger partial charge in [-0.15, -0.1) is 0 Å². The van der Waals surface area contributed by atoms with Crippen molar-refractivity contribution in [2.24, 2.45) is 0 Å². The van der Waals surface area contributed by atoms with E-state index < -0.39 is 5.82 Å². The fourth-order valence-corrected chi connectivity index (χ4v) is 3.78. The van der Waals surface area contributed by atoms with Gasteiger partial charge in [0.1, 0.15) is 23.5 Å². The second-order valence-electron chi connectivity index (χ2n) is 8.67. The Morgan fingerprint density at radius 3 is 2.61 bits per heavy atom. The lowest BCUT2D eigenvalue weighted by molar-refractivity contribution is 0.0511. The molecule has 176 valence electrons. The van der Waals surface area contributed by atoms with Gasteiger partial charge in [0.05, 0.1) is 12.3 Å². The molecule has 2 aromatic heterocycles. The van der Waals surface area contributed by atoms with Crippen LogP contribution in [0.5, 0.6) is 5.88 Å². The lowest BCUT2D eigenvalue weighted by Gasteiger charge is -2.31. The summed E-state index contributed by atoms with van der Waals surface area (Å²) in [5.41, 5.74) is 1.45. The minimum absolute atomic E-state index is 0.104. The van der Waals surface area contributed by atoms with E-state index in [9.17, 15) is 9.18 Å². The predicted molar refractivity (Wildman–Crippen MR) is 122 cm³/mol. The highest BCUT2D eigenvalue weighted by Crippen LogP contribution is 2.28. The SMILES string of the molecule is CC(C)Nc1ccc(-n2ncc3c(OC4CCN(C(=O)OC(C)C)CC4)ncnc32)c(F)c1. The molecular weight excluding hydrogens is 427 g/mol. The molecule has 1 amide bonds. The number of likely N-dealkylation sites (tertiary alicyclic amines) is 1. The largest absolute Gasteiger partial charge is 0.474 e. The minimum Gasteiger partial charge on any atom is -0.474 e. The van der Waals surface area contributed by atoms with Crippen LogP contribution in [-0.4, -0.2) is 62.1 Å². The molecule has 0 spiro atoms. The second kappa shape index (κ2) is 9.60. The predicted octanol–water partition coefficient (Wildman–Crippen LogP) is 4.16. The average Bonchev–Trinajstić information content (AvgIpc) is 3.18. The van der Waals surface area contributed by atoms with Crippen molar-refractivity contribution in [3.63, 3.8) is 0 Å². The molecule has 0 radical (unpaired) electrons. The maximum Gasteiger partial charge on any atom is 0.410 e. The first-order valence-electron chi connectivity index (χ1n) is 11.2. The van der Waals surface area contributed by atoms with Crippen molar-refractivity contribution in [2.75, 3.05) is 18.4 Å². The Bertz CT molecular complexity index is 1120. The van der Waals surface area contributed by atoms with E-state index in [1.807, 2.05) is 33.8 Å². The summed E-state index contributed by atoms with van der Waals surface area (Å²) in [4.78, 5) is 22.4. The van der Waals surface area contributed by atoms with Crippen molar-refractivity contribution in [1.82, 2.24) is 24.6 Å². The van der Waals surface area contributed by atoms with Crippen LogP contribution in [-0.2, 0) is 4.74 Å². The quantitative estimate of drug-likeness (QED) is 0.595. The second-order valence-corrected chi connectivity index (χ2v) is 8.67. The zero-order valence-electron chi connectivity index (χ0n) is 19.3. The topological polar surface area (TPSA) is 94.4 Å². The summed E-state index contributed by atoms with van der Waals surface area (Å²) in [5, 5.41) is 8.12. The van der Waals surface area contributed by atoms with E-state index in [4.69, 9.17) is 9.47 Å². The average molecular weight is 457 g/mol. The van der Waals surface area contributed by atoms with Gasteiger partial charge in [0.2, 0.25) is 5.88 Å². The monoisotopic (exact) mass is 456 g/mol. The number of aromatic nitrogens is 4. The van der Waals surface area contributed by atoms with Gasteiger partial charge in [-0.05, 0) is 45.9 Å². The number of piperidine rings is 1. The summed E-state index contributed by atoms with van der Waals surface area (Å²) < 4.78 is 27.7. The first-order chi connectivity index (χ1) is 15.8. The number of rotatable bonds is 6. The van der Waals surface area contributed by atoms with E-state index >= 15 is 0 Å². The van der Waals surface area contributed by atoms with Crippen molar-refractivity contribution < 1.29 is 18.7 Å². The molecule has 0 saturated carbocycles. The van der Waals surface area contributed by atoms with Gasteiger partial charge in [0.15, 0.2) is 11.5 Å². The molecule has 3 heterocycles. The summed E-state index contributed by atoms with van der Waals surface area (Å²) >= 11 is 0. The van der Waals surface area contributed by atoms with Crippen LogP contribution in [0.2, 0.25) is 0 Å². The molecule has 0 bridgehead atoms. The van der Waals surface area contributed by atoms with Crippen molar-refractivity contribution in [3.05, 3.63) is 36.5 Å². The third-order valence-corrected chi connectivity index (χ3v) is 5.28. The first kappa shape index (κ1) is 22.8. The third-order valence-electron chi connectivity index (χ3n) is 5.28. The van der Waals surface area contributed by atoms with E-state index in [1.54, 1.807) is 17.2 Å². The highest BCUT2D eigenvalue weighted by atomic mass is 19.1. The number of nitrogens with one attached hydrogen (secondary N) is 1. The van der Waals surface area contributed by atoms with Crippen LogP contribution in [0.1, 0.15) is 40.5 Å². The molecule has 0 aliphatic carbocycles. The number of fused-ring (bicyclic) bond motifs is 1. The molecule has 33 heavy (non-hydrogen) atoms. The molecule has 0 atom stereocenters. The first-order valence-corrected chi connectivity index (χ1v) is 11.2. The van der Waals surface area contributed by atoms with Gasteiger partial charge in [-0.2, -0.15) is 5.10 Å². The number of ether oxygens (including phenoxy) is 2. The molecule has 4 rings (SSSR count). The van der Waals surface area contributed by atoms with Gasteiger partial charge in [-0.25, -0.2) is 23.8 Å². The number of carbonyl (C=O) groups is 1. The van der Waals surface area contributed by atoms with Crippen LogP contribution < -0.4 is 10.1 Å². The van der Waals surface area contributed by atoms with E-state index in [-0.39, 0.29) is 24.3 Å². The standard InChI is InChI=1S/C23H29FN6O3/c1-14(2)28-16-5-6-20(19(24)11-16)30-21-18(12-27-30)22(26-13-25-21)33-17-7-9-29(10-8-17)23(31)32-15(3)4/h5-6,11-15,17,28H,7-10H2,1-4H3. The van der Waals surface area contributed by atoms with Gasteiger partial charge in [0.25, 0.3) is 0 Å². The Labute approximate surface area is 191 Å². The van der Waals surface area contributed by atoms with Crippen molar-refractivity contribution in [2.45, 2.75) is 58.8 Å². The highest BCUT2D eigenvalue weighted by Gasteiger charge is 2.26. The van der Waals surface area contributed by atoms with Crippen LogP contribution >= 0.6 is 0 Å². The molecule has 1 fully saturated rings. The Balaban J connectivity index is 1.49. The van der Waals surface area contributed by atoms with Crippen LogP contribution in [0.15, 0.2) is 30.7 Å². The number of anilines is 1. The molecular formula is C23H29FN6O3. The number of benzene rings is 1. The maximum absolute atomic E-state index is 14.8. The van der Waals surface area contributed by atoms with E-state index in [2.05, 4.69) is 20.4 Å². The van der Waals surface area contributed by atoms with E-state index in [1.165, 1.54) is 17.1 Å². The summed E-state index contributed by atoms with van der Waals surface area (Å²) in [6.45, 7) is 8.74. The van der Waals surface area contributed by atoms with Crippen molar-refractivity contribution in [1.29, 1.82) is 0 Å². The lowest BCUT2D eigenvalue weighted by atomic mass is 10.1. The fourth-order valence-electron chi connectivity index (χ4n) is 3.78. The number of nitrogens with zero attached hydrogens (tertiary/aromatic N) is 5. The molecule has 1 aromatic carbocycles. The molecule has 1 aliphatic rings. The highest BCUT2D eigenvalue weighted by molar-refractivity contribution is 5.81. The maximum atomic E-state index is 14.8. The van der Waals surface area contributed by atoms with Gasteiger partial charge in [-0.1, -0.05) is 0 Å². The summed E-state index contributed by atoms with van der Waals surface area (Å²) in [5.74, 6) is -0.0136. The summed E-state index contributed by atoms with van der Waals surface area (Å²) in [6.07, 6.45) is 3.73. The van der Waals surface area contributed by atoms with Crippen LogP contribution in [0.25, 0.3) is 16.7 Å². The van der Waals surface area contributed by atoms with Crippen LogP contribution in [0.3, 0.4) is 0 Å². The number of hydrogen-bond donors (Lipinski definition) is 1. The smallest absolute Gasteiger partial charge is 0.410 e. The van der Waals surface area contributed by atoms with Crippen molar-refractivity contribution >= 4 is 22.8 Å². The lowest BCUT2D eigenvalue weighted by Crippen LogP contribution is -2.42. The molecule has 1 saturated heterocycles. The summed E-state index contributed by atoms with van der Waals surface area (Å²) in [7, 11) is 0. The number of hydrogen-bond acceptors (Lipinski definition) is 7. The Morgan fingerprint density at radius 1 is 1.18 bits per heavy atom. The molecule has 3 aromatic rings. The van der Waals surface area contributed by atoms with Gasteiger partial charge in [-0.3, -0.25) is 0 Å². The zero-order chi connectivity index (χ0) is 23.5. The van der Waals surface area contributed by atoms with E-state index in [0.717, 1.165) is 0 Å². The van der Waals surface area contributed by atoms with Crippen molar-refractivity contribution in [3.8, 4) is 11.6 Å². The van der Waals surface area contributed by atoms with Crippen LogP contribution in [0.4, 0.5) is 14.9 Å².